The zero-order valence-electron chi connectivity index (χ0n) is 9.63. The predicted molar refractivity (Wildman–Crippen MR) is 63.0 cm³/mol. The summed E-state index contributed by atoms with van der Waals surface area (Å²) in [5.74, 6) is 0. The lowest BCUT2D eigenvalue weighted by Crippen LogP contribution is -2.40. The van der Waals surface area contributed by atoms with Crippen molar-refractivity contribution in [2.75, 3.05) is 19.8 Å². The number of hydrogen-bond acceptors (Lipinski definition) is 6. The molecule has 0 amide bonds. The Labute approximate surface area is 99.9 Å². The SMILES string of the molecule is NCc1cnc(CN)c(C(CO)(CO)CO)c1. The van der Waals surface area contributed by atoms with Crippen molar-refractivity contribution in [1.82, 2.24) is 4.98 Å². The van der Waals surface area contributed by atoms with E-state index in [9.17, 15) is 15.3 Å². The Bertz CT molecular complexity index is 359. The highest BCUT2D eigenvalue weighted by Gasteiger charge is 2.33. The molecule has 0 aliphatic heterocycles. The van der Waals surface area contributed by atoms with Crippen LogP contribution in [-0.4, -0.2) is 40.1 Å². The van der Waals surface area contributed by atoms with Crippen molar-refractivity contribution >= 4 is 0 Å². The first-order valence-corrected chi connectivity index (χ1v) is 5.38. The van der Waals surface area contributed by atoms with Crippen LogP contribution in [0.15, 0.2) is 12.3 Å². The summed E-state index contributed by atoms with van der Waals surface area (Å²) in [4.78, 5) is 4.14. The molecule has 1 aromatic heterocycles. The molecular formula is C11H19N3O3. The van der Waals surface area contributed by atoms with Gasteiger partial charge < -0.3 is 26.8 Å². The summed E-state index contributed by atoms with van der Waals surface area (Å²) in [6, 6.07) is 1.72. The summed E-state index contributed by atoms with van der Waals surface area (Å²) in [6.45, 7) is -0.695. The zero-order valence-corrected chi connectivity index (χ0v) is 9.63. The third-order valence-corrected chi connectivity index (χ3v) is 2.94. The number of nitrogens with zero attached hydrogens (tertiary/aromatic N) is 1. The highest BCUT2D eigenvalue weighted by Crippen LogP contribution is 2.26. The molecule has 0 atom stereocenters. The van der Waals surface area contributed by atoms with Gasteiger partial charge >= 0.3 is 0 Å². The molecular weight excluding hydrogens is 222 g/mol. The van der Waals surface area contributed by atoms with Crippen molar-refractivity contribution in [2.24, 2.45) is 11.5 Å². The van der Waals surface area contributed by atoms with Crippen LogP contribution in [0, 0.1) is 0 Å². The molecule has 0 spiro atoms. The van der Waals surface area contributed by atoms with Crippen molar-refractivity contribution in [1.29, 1.82) is 0 Å². The Hall–Kier alpha value is -1.05. The topological polar surface area (TPSA) is 126 Å². The molecule has 6 heteroatoms. The largest absolute Gasteiger partial charge is 0.395 e. The van der Waals surface area contributed by atoms with E-state index in [1.165, 1.54) is 0 Å². The maximum absolute atomic E-state index is 9.39. The first-order chi connectivity index (χ1) is 8.17. The summed E-state index contributed by atoms with van der Waals surface area (Å²) in [7, 11) is 0. The van der Waals surface area contributed by atoms with Gasteiger partial charge in [0.05, 0.1) is 30.9 Å². The molecule has 7 N–H and O–H groups in total. The minimum absolute atomic E-state index is 0.169. The fourth-order valence-electron chi connectivity index (χ4n) is 1.68. The zero-order chi connectivity index (χ0) is 12.9. The third kappa shape index (κ3) is 2.62. The first kappa shape index (κ1) is 14.0. The van der Waals surface area contributed by atoms with Crippen molar-refractivity contribution in [3.8, 4) is 0 Å². The highest BCUT2D eigenvalue weighted by molar-refractivity contribution is 5.33. The van der Waals surface area contributed by atoms with Crippen molar-refractivity contribution in [3.05, 3.63) is 29.1 Å². The molecule has 0 saturated heterocycles. The van der Waals surface area contributed by atoms with Gasteiger partial charge in [0.1, 0.15) is 0 Å². The van der Waals surface area contributed by atoms with Gasteiger partial charge in [0.15, 0.2) is 0 Å². The van der Waals surface area contributed by atoms with E-state index in [1.807, 2.05) is 0 Å². The quantitative estimate of drug-likeness (QED) is 0.400. The van der Waals surface area contributed by atoms with Gasteiger partial charge in [0.25, 0.3) is 0 Å². The highest BCUT2D eigenvalue weighted by atomic mass is 16.3. The number of hydrogen-bond donors (Lipinski definition) is 5. The minimum Gasteiger partial charge on any atom is -0.395 e. The van der Waals surface area contributed by atoms with Crippen LogP contribution < -0.4 is 11.5 Å². The van der Waals surface area contributed by atoms with Crippen LogP contribution in [0.4, 0.5) is 0 Å². The molecule has 0 aliphatic rings. The van der Waals surface area contributed by atoms with Gasteiger partial charge in [0.2, 0.25) is 0 Å². The standard InChI is InChI=1S/C11H19N3O3/c12-2-8-1-9(10(3-13)14-4-8)11(5-15,6-16)7-17/h1,4,15-17H,2-3,5-7,12-13H2. The van der Waals surface area contributed by atoms with E-state index in [1.54, 1.807) is 12.3 Å². The Morgan fingerprint density at radius 1 is 1.06 bits per heavy atom. The molecule has 0 fully saturated rings. The fourth-order valence-corrected chi connectivity index (χ4v) is 1.68. The Morgan fingerprint density at radius 2 is 1.65 bits per heavy atom. The molecule has 96 valence electrons. The van der Waals surface area contributed by atoms with Crippen molar-refractivity contribution in [3.63, 3.8) is 0 Å². The molecule has 0 aromatic carbocycles. The second-order valence-corrected chi connectivity index (χ2v) is 4.00. The van der Waals surface area contributed by atoms with Gasteiger partial charge in [-0.2, -0.15) is 0 Å². The maximum Gasteiger partial charge on any atom is 0.0664 e. The lowest BCUT2D eigenvalue weighted by molar-refractivity contribution is 0.0632. The molecule has 1 aromatic rings. The monoisotopic (exact) mass is 241 g/mol. The predicted octanol–water partition coefficient (Wildman–Crippen LogP) is -1.79. The minimum atomic E-state index is -1.13. The van der Waals surface area contributed by atoms with Crippen LogP contribution in [-0.2, 0) is 18.5 Å². The molecule has 0 unspecified atom stereocenters. The van der Waals surface area contributed by atoms with Crippen LogP contribution in [0.1, 0.15) is 16.8 Å². The summed E-state index contributed by atoms with van der Waals surface area (Å²) in [5, 5.41) is 28.2. The Balaban J connectivity index is 3.33. The summed E-state index contributed by atoms with van der Waals surface area (Å²) >= 11 is 0. The van der Waals surface area contributed by atoms with Crippen LogP contribution in [0.3, 0.4) is 0 Å². The second-order valence-electron chi connectivity index (χ2n) is 4.00. The Morgan fingerprint density at radius 3 is 2.06 bits per heavy atom. The molecule has 0 aliphatic carbocycles. The molecule has 1 rings (SSSR count). The van der Waals surface area contributed by atoms with Gasteiger partial charge in [-0.25, -0.2) is 0 Å². The van der Waals surface area contributed by atoms with E-state index < -0.39 is 5.41 Å². The average molecular weight is 241 g/mol. The average Bonchev–Trinajstić information content (AvgIpc) is 2.41. The Kier molecular flexibility index (Phi) is 4.98. The van der Waals surface area contributed by atoms with Gasteiger partial charge in [-0.05, 0) is 11.1 Å². The second kappa shape index (κ2) is 6.04. The molecule has 17 heavy (non-hydrogen) atoms. The molecule has 1 heterocycles. The number of aliphatic hydroxyl groups excluding tert-OH is 3. The molecule has 0 saturated carbocycles. The number of nitrogens with two attached hydrogens (primary N) is 2. The number of aromatic nitrogens is 1. The van der Waals surface area contributed by atoms with Crippen LogP contribution >= 0.6 is 0 Å². The first-order valence-electron chi connectivity index (χ1n) is 5.38. The van der Waals surface area contributed by atoms with Gasteiger partial charge in [-0.15, -0.1) is 0 Å². The van der Waals surface area contributed by atoms with Crippen molar-refractivity contribution in [2.45, 2.75) is 18.5 Å². The summed E-state index contributed by atoms with van der Waals surface area (Å²) < 4.78 is 0. The van der Waals surface area contributed by atoms with E-state index in [0.29, 0.717) is 17.8 Å². The summed E-state index contributed by atoms with van der Waals surface area (Å²) in [6.07, 6.45) is 1.60. The van der Waals surface area contributed by atoms with E-state index in [2.05, 4.69) is 4.98 Å². The van der Waals surface area contributed by atoms with E-state index in [-0.39, 0.29) is 26.4 Å². The van der Waals surface area contributed by atoms with E-state index >= 15 is 0 Å². The smallest absolute Gasteiger partial charge is 0.0664 e. The fraction of sp³-hybridized carbons (Fsp3) is 0.545. The lowest BCUT2D eigenvalue weighted by atomic mass is 9.81. The maximum atomic E-state index is 9.39. The normalized spacial score (nSPS) is 11.8. The van der Waals surface area contributed by atoms with Crippen molar-refractivity contribution < 1.29 is 15.3 Å². The molecule has 0 bridgehead atoms. The van der Waals surface area contributed by atoms with E-state index in [4.69, 9.17) is 11.5 Å². The number of aliphatic hydroxyl groups is 3. The van der Waals surface area contributed by atoms with Gasteiger partial charge in [-0.1, -0.05) is 6.07 Å². The van der Waals surface area contributed by atoms with Gasteiger partial charge in [0, 0.05) is 19.3 Å². The molecule has 6 nitrogen and oxygen atoms in total. The van der Waals surface area contributed by atoms with Crippen LogP contribution in [0.25, 0.3) is 0 Å². The molecule has 0 radical (unpaired) electrons. The number of rotatable bonds is 6. The van der Waals surface area contributed by atoms with Crippen LogP contribution in [0.2, 0.25) is 0 Å². The van der Waals surface area contributed by atoms with Crippen LogP contribution in [0.5, 0.6) is 0 Å². The van der Waals surface area contributed by atoms with Gasteiger partial charge in [-0.3, -0.25) is 4.98 Å². The number of pyridine rings is 1. The lowest BCUT2D eigenvalue weighted by Gasteiger charge is -2.29. The third-order valence-electron chi connectivity index (χ3n) is 2.94. The van der Waals surface area contributed by atoms with E-state index in [0.717, 1.165) is 5.56 Å². The summed E-state index contributed by atoms with van der Waals surface area (Å²) in [5.41, 5.74) is 11.8.